The van der Waals surface area contributed by atoms with Gasteiger partial charge in [-0.05, 0) is 45.8 Å². The molecule has 5 heteroatoms. The molecule has 1 aromatic carbocycles. The lowest BCUT2D eigenvalue weighted by molar-refractivity contribution is 0.321. The highest BCUT2D eigenvalue weighted by Gasteiger charge is 2.21. The van der Waals surface area contributed by atoms with E-state index < -0.39 is 0 Å². The summed E-state index contributed by atoms with van der Waals surface area (Å²) in [4.78, 5) is 8.49. The van der Waals surface area contributed by atoms with Crippen molar-refractivity contribution in [2.45, 2.75) is 52.1 Å². The molecule has 3 aromatic rings. The summed E-state index contributed by atoms with van der Waals surface area (Å²) in [5.41, 5.74) is 3.60. The van der Waals surface area contributed by atoms with Crippen LogP contribution in [0.3, 0.4) is 0 Å². The molecular formula is C23H31N3OS. The van der Waals surface area contributed by atoms with E-state index in [4.69, 9.17) is 9.72 Å². The highest BCUT2D eigenvalue weighted by atomic mass is 32.1. The van der Waals surface area contributed by atoms with Crippen LogP contribution in [0.25, 0.3) is 21.5 Å². The van der Waals surface area contributed by atoms with Crippen LogP contribution in [-0.4, -0.2) is 35.7 Å². The number of methoxy groups -OCH3 is 1. The number of thiazole rings is 1. The van der Waals surface area contributed by atoms with Crippen molar-refractivity contribution in [2.75, 3.05) is 21.2 Å². The van der Waals surface area contributed by atoms with Gasteiger partial charge in [-0.15, -0.1) is 11.3 Å². The van der Waals surface area contributed by atoms with Crippen LogP contribution < -0.4 is 4.74 Å². The van der Waals surface area contributed by atoms with Crippen LogP contribution in [0.15, 0.2) is 24.4 Å². The molecule has 28 heavy (non-hydrogen) atoms. The van der Waals surface area contributed by atoms with Crippen molar-refractivity contribution in [1.29, 1.82) is 0 Å². The van der Waals surface area contributed by atoms with Gasteiger partial charge in [0.1, 0.15) is 10.8 Å². The molecular weight excluding hydrogens is 366 g/mol. The van der Waals surface area contributed by atoms with Crippen LogP contribution in [0.4, 0.5) is 0 Å². The van der Waals surface area contributed by atoms with E-state index >= 15 is 0 Å². The summed E-state index contributed by atoms with van der Waals surface area (Å²) in [5.74, 6) is 1.73. The molecule has 0 radical (unpaired) electrons. The molecule has 0 unspecified atom stereocenters. The highest BCUT2D eigenvalue weighted by Crippen LogP contribution is 2.39. The predicted molar refractivity (Wildman–Crippen MR) is 118 cm³/mol. The number of benzene rings is 1. The van der Waals surface area contributed by atoms with E-state index in [9.17, 15) is 0 Å². The Morgan fingerprint density at radius 3 is 2.71 bits per heavy atom. The molecule has 1 aliphatic carbocycles. The highest BCUT2D eigenvalue weighted by molar-refractivity contribution is 7.15. The van der Waals surface area contributed by atoms with Gasteiger partial charge in [-0.2, -0.15) is 0 Å². The van der Waals surface area contributed by atoms with E-state index in [0.29, 0.717) is 0 Å². The van der Waals surface area contributed by atoms with Gasteiger partial charge >= 0.3 is 0 Å². The molecule has 4 nitrogen and oxygen atoms in total. The summed E-state index contributed by atoms with van der Waals surface area (Å²) in [7, 11) is 5.99. The Balaban J connectivity index is 1.78. The van der Waals surface area contributed by atoms with Crippen LogP contribution in [0.1, 0.15) is 42.7 Å². The third kappa shape index (κ3) is 3.83. The summed E-state index contributed by atoms with van der Waals surface area (Å²) in [6, 6.07) is 6.39. The second kappa shape index (κ2) is 8.26. The largest absolute Gasteiger partial charge is 0.495 e. The number of aryl methyl sites for hydroxylation is 1. The Bertz CT molecular complexity index is 950. The monoisotopic (exact) mass is 397 g/mol. The molecule has 2 aromatic heterocycles. The first kappa shape index (κ1) is 19.5. The lowest BCUT2D eigenvalue weighted by atomic mass is 9.89. The molecule has 4 rings (SSSR count). The number of hydrogen-bond acceptors (Lipinski definition) is 4. The smallest absolute Gasteiger partial charge is 0.143 e. The third-order valence-corrected chi connectivity index (χ3v) is 7.02. The standard InChI is InChI=1S/C23H31N3OS/c1-16-21(15-25(2)3)28-23(24-16)19-14-26(13-17-9-6-5-7-10-17)22-18(19)11-8-12-20(22)27-4/h8,11-12,14,17H,5-7,9-10,13,15H2,1-4H3. The van der Waals surface area contributed by atoms with Crippen LogP contribution in [-0.2, 0) is 13.1 Å². The molecule has 1 fully saturated rings. The fraction of sp³-hybridized carbons (Fsp3) is 0.522. The third-order valence-electron chi connectivity index (χ3n) is 5.84. The van der Waals surface area contributed by atoms with Gasteiger partial charge in [0.2, 0.25) is 0 Å². The van der Waals surface area contributed by atoms with E-state index in [-0.39, 0.29) is 0 Å². The minimum absolute atomic E-state index is 0.768. The summed E-state index contributed by atoms with van der Waals surface area (Å²) in [6.07, 6.45) is 9.13. The van der Waals surface area contributed by atoms with Crippen molar-refractivity contribution in [3.05, 3.63) is 35.0 Å². The number of rotatable bonds is 6. The van der Waals surface area contributed by atoms with Crippen molar-refractivity contribution in [1.82, 2.24) is 14.5 Å². The van der Waals surface area contributed by atoms with Gasteiger partial charge in [-0.1, -0.05) is 31.4 Å². The molecule has 0 bridgehead atoms. The molecule has 0 amide bonds. The summed E-state index contributed by atoms with van der Waals surface area (Å²) in [5, 5.41) is 2.37. The van der Waals surface area contributed by atoms with Crippen LogP contribution in [0.2, 0.25) is 0 Å². The predicted octanol–water partition coefficient (Wildman–Crippen LogP) is 5.72. The lowest BCUT2D eigenvalue weighted by Gasteiger charge is -2.22. The van der Waals surface area contributed by atoms with Crippen molar-refractivity contribution in [3.63, 3.8) is 0 Å². The summed E-state index contributed by atoms with van der Waals surface area (Å²) >= 11 is 1.82. The van der Waals surface area contributed by atoms with Gasteiger partial charge in [-0.25, -0.2) is 4.98 Å². The van der Waals surface area contributed by atoms with E-state index in [1.54, 1.807) is 7.11 Å². The maximum atomic E-state index is 5.74. The zero-order valence-corrected chi connectivity index (χ0v) is 18.3. The number of para-hydroxylation sites is 1. The van der Waals surface area contributed by atoms with E-state index in [2.05, 4.69) is 54.9 Å². The van der Waals surface area contributed by atoms with E-state index in [1.165, 1.54) is 53.4 Å². The average molecular weight is 398 g/mol. The van der Waals surface area contributed by atoms with Crippen LogP contribution in [0, 0.1) is 12.8 Å². The lowest BCUT2D eigenvalue weighted by Crippen LogP contribution is -2.13. The van der Waals surface area contributed by atoms with Crippen molar-refractivity contribution in [2.24, 2.45) is 5.92 Å². The number of nitrogens with zero attached hydrogens (tertiary/aromatic N) is 3. The Labute approximate surface area is 172 Å². The van der Waals surface area contributed by atoms with Crippen molar-refractivity contribution < 1.29 is 4.74 Å². The van der Waals surface area contributed by atoms with Crippen molar-refractivity contribution in [3.8, 4) is 16.3 Å². The molecule has 0 N–H and O–H groups in total. The van der Waals surface area contributed by atoms with Crippen LogP contribution >= 0.6 is 11.3 Å². The minimum Gasteiger partial charge on any atom is -0.495 e. The maximum absolute atomic E-state index is 5.74. The van der Waals surface area contributed by atoms with E-state index in [1.807, 2.05) is 11.3 Å². The molecule has 2 heterocycles. The fourth-order valence-electron chi connectivity index (χ4n) is 4.43. The van der Waals surface area contributed by atoms with Gasteiger partial charge in [-0.3, -0.25) is 0 Å². The molecule has 1 aliphatic rings. The average Bonchev–Trinajstić information content (AvgIpc) is 3.23. The molecule has 1 saturated carbocycles. The minimum atomic E-state index is 0.768. The quantitative estimate of drug-likeness (QED) is 0.532. The Hall–Kier alpha value is -1.85. The Morgan fingerprint density at radius 1 is 1.21 bits per heavy atom. The topological polar surface area (TPSA) is 30.3 Å². The summed E-state index contributed by atoms with van der Waals surface area (Å²) in [6.45, 7) is 4.14. The molecule has 150 valence electrons. The second-order valence-corrected chi connectivity index (χ2v) is 9.40. The zero-order valence-electron chi connectivity index (χ0n) is 17.5. The van der Waals surface area contributed by atoms with Gasteiger partial charge in [0.25, 0.3) is 0 Å². The van der Waals surface area contributed by atoms with Gasteiger partial charge in [0, 0.05) is 35.1 Å². The van der Waals surface area contributed by atoms with Crippen LogP contribution in [0.5, 0.6) is 5.75 Å². The number of ether oxygens (including phenoxy) is 1. The molecule has 0 saturated heterocycles. The van der Waals surface area contributed by atoms with E-state index in [0.717, 1.165) is 35.5 Å². The van der Waals surface area contributed by atoms with Gasteiger partial charge in [0.15, 0.2) is 0 Å². The molecule has 0 aliphatic heterocycles. The maximum Gasteiger partial charge on any atom is 0.143 e. The normalized spacial score (nSPS) is 15.6. The van der Waals surface area contributed by atoms with Gasteiger partial charge < -0.3 is 14.2 Å². The first-order valence-electron chi connectivity index (χ1n) is 10.3. The molecule has 0 atom stereocenters. The number of aromatic nitrogens is 2. The first-order valence-corrected chi connectivity index (χ1v) is 11.2. The zero-order chi connectivity index (χ0) is 19.7. The SMILES string of the molecule is COc1cccc2c(-c3nc(C)c(CN(C)C)s3)cn(CC3CCCCC3)c12. The molecule has 0 spiro atoms. The van der Waals surface area contributed by atoms with Gasteiger partial charge in [0.05, 0.1) is 18.3 Å². The summed E-state index contributed by atoms with van der Waals surface area (Å²) < 4.78 is 8.18. The van der Waals surface area contributed by atoms with Crippen molar-refractivity contribution >= 4 is 22.2 Å². The number of hydrogen-bond donors (Lipinski definition) is 0. The fourth-order valence-corrected chi connectivity index (χ4v) is 5.63. The first-order chi connectivity index (χ1) is 13.6. The second-order valence-electron chi connectivity index (χ2n) is 8.32. The number of fused-ring (bicyclic) bond motifs is 1. The Morgan fingerprint density at radius 2 is 2.00 bits per heavy atom. The Kier molecular flexibility index (Phi) is 5.74.